The van der Waals surface area contributed by atoms with Gasteiger partial charge in [-0.15, -0.1) is 0 Å². The molecule has 0 bridgehead atoms. The summed E-state index contributed by atoms with van der Waals surface area (Å²) in [6.45, 7) is 4.17. The van der Waals surface area contributed by atoms with Gasteiger partial charge in [-0.2, -0.15) is 0 Å². The second kappa shape index (κ2) is 12.0. The Hall–Kier alpha value is -3.47. The minimum Gasteiger partial charge on any atom is -0.463 e. The molecule has 0 aromatic heterocycles. The smallest absolute Gasteiger partial charge is 0.303 e. The first kappa shape index (κ1) is 25.8. The monoisotopic (exact) mass is 465 g/mol. The lowest BCUT2D eigenvalue weighted by atomic mass is 9.97. The van der Waals surface area contributed by atoms with Crippen molar-refractivity contribution in [2.45, 2.75) is 64.8 Å². The van der Waals surface area contributed by atoms with Gasteiger partial charge in [-0.05, 0) is 5.56 Å². The van der Waals surface area contributed by atoms with Gasteiger partial charge >= 0.3 is 23.9 Å². The molecule has 1 aromatic rings. The molecular weight excluding hydrogens is 438 g/mol. The Balaban J connectivity index is 2.35. The highest BCUT2D eigenvalue weighted by molar-refractivity contribution is 5.79. The Morgan fingerprint density at radius 3 is 1.88 bits per heavy atom. The van der Waals surface area contributed by atoms with Crippen LogP contribution < -0.4 is 5.32 Å². The van der Waals surface area contributed by atoms with Crippen LogP contribution in [0.4, 0.5) is 0 Å². The number of esters is 4. The van der Waals surface area contributed by atoms with Gasteiger partial charge in [0.2, 0.25) is 5.91 Å². The number of carbonyl (C=O) groups is 5. The predicted molar refractivity (Wildman–Crippen MR) is 110 cm³/mol. The zero-order valence-corrected chi connectivity index (χ0v) is 18.8. The summed E-state index contributed by atoms with van der Waals surface area (Å²) in [6, 6.07) is 8.87. The van der Waals surface area contributed by atoms with Crippen LogP contribution in [0.1, 0.15) is 33.3 Å². The van der Waals surface area contributed by atoms with Crippen molar-refractivity contribution in [3.05, 3.63) is 35.9 Å². The minimum atomic E-state index is -1.34. The van der Waals surface area contributed by atoms with Gasteiger partial charge in [0.25, 0.3) is 0 Å². The molecule has 1 fully saturated rings. The van der Waals surface area contributed by atoms with Crippen molar-refractivity contribution < 1.29 is 47.7 Å². The third-order valence-corrected chi connectivity index (χ3v) is 4.50. The van der Waals surface area contributed by atoms with Gasteiger partial charge in [-0.3, -0.25) is 24.0 Å². The fourth-order valence-electron chi connectivity index (χ4n) is 3.34. The maximum absolute atomic E-state index is 12.7. The van der Waals surface area contributed by atoms with E-state index in [1.165, 1.54) is 6.92 Å². The van der Waals surface area contributed by atoms with Gasteiger partial charge in [0, 0.05) is 27.7 Å². The molecule has 1 saturated heterocycles. The number of ether oxygens (including phenoxy) is 5. The van der Waals surface area contributed by atoms with E-state index in [0.29, 0.717) is 0 Å². The molecule has 180 valence electrons. The van der Waals surface area contributed by atoms with Crippen LogP contribution in [0.5, 0.6) is 0 Å². The van der Waals surface area contributed by atoms with Crippen molar-refractivity contribution in [3.8, 4) is 0 Å². The molecule has 11 heteroatoms. The number of hydrogen-bond acceptors (Lipinski definition) is 10. The highest BCUT2D eigenvalue weighted by Crippen LogP contribution is 2.28. The van der Waals surface area contributed by atoms with Crippen molar-refractivity contribution in [1.29, 1.82) is 0 Å². The summed E-state index contributed by atoms with van der Waals surface area (Å²) in [6.07, 6.45) is -6.39. The Kier molecular flexibility index (Phi) is 9.34. The third-order valence-electron chi connectivity index (χ3n) is 4.50. The molecule has 0 saturated carbocycles. The van der Waals surface area contributed by atoms with Gasteiger partial charge in [0.15, 0.2) is 24.5 Å². The summed E-state index contributed by atoms with van der Waals surface area (Å²) in [5.74, 6) is -3.33. The Labute approximate surface area is 190 Å². The lowest BCUT2D eigenvalue weighted by Gasteiger charge is -2.44. The largest absolute Gasteiger partial charge is 0.463 e. The number of amides is 1. The van der Waals surface area contributed by atoms with Gasteiger partial charge in [0.05, 0.1) is 6.42 Å². The van der Waals surface area contributed by atoms with Crippen molar-refractivity contribution in [3.63, 3.8) is 0 Å². The third kappa shape index (κ3) is 8.19. The second-order valence-corrected chi connectivity index (χ2v) is 7.35. The van der Waals surface area contributed by atoms with E-state index in [-0.39, 0.29) is 13.0 Å². The first-order valence-corrected chi connectivity index (χ1v) is 10.2. The molecule has 0 aliphatic carbocycles. The van der Waals surface area contributed by atoms with E-state index in [1.54, 1.807) is 30.3 Å². The highest BCUT2D eigenvalue weighted by Gasteiger charge is 2.52. The maximum atomic E-state index is 12.7. The van der Waals surface area contributed by atoms with Crippen molar-refractivity contribution in [2.24, 2.45) is 0 Å². The van der Waals surface area contributed by atoms with Gasteiger partial charge in [-0.25, -0.2) is 0 Å². The summed E-state index contributed by atoms with van der Waals surface area (Å²) in [4.78, 5) is 59.3. The zero-order valence-electron chi connectivity index (χ0n) is 18.8. The quantitative estimate of drug-likeness (QED) is 0.424. The molecule has 0 spiro atoms. The van der Waals surface area contributed by atoms with E-state index in [4.69, 9.17) is 23.7 Å². The SMILES string of the molecule is CC(=O)OC[C@H]1O[C@@H](NC(=O)Cc2ccccc2)[C@H](OC(C)=O)[C@@H](OC(C)=O)[C@@H]1OC(C)=O. The van der Waals surface area contributed by atoms with Crippen LogP contribution in [0.3, 0.4) is 0 Å². The molecule has 1 aliphatic heterocycles. The van der Waals surface area contributed by atoms with E-state index in [0.717, 1.165) is 26.3 Å². The zero-order chi connectivity index (χ0) is 24.5. The van der Waals surface area contributed by atoms with E-state index in [1.807, 2.05) is 0 Å². The summed E-state index contributed by atoms with van der Waals surface area (Å²) in [7, 11) is 0. The van der Waals surface area contributed by atoms with Crippen molar-refractivity contribution in [1.82, 2.24) is 5.32 Å². The lowest BCUT2D eigenvalue weighted by molar-refractivity contribution is -0.256. The molecule has 5 atom stereocenters. The molecule has 0 unspecified atom stereocenters. The molecule has 1 heterocycles. The fraction of sp³-hybridized carbons (Fsp3) is 0.500. The van der Waals surface area contributed by atoms with E-state index < -0.39 is 60.4 Å². The van der Waals surface area contributed by atoms with Crippen LogP contribution in [0, 0.1) is 0 Å². The summed E-state index contributed by atoms with van der Waals surface area (Å²) in [5.41, 5.74) is 0.723. The number of hydrogen-bond donors (Lipinski definition) is 1. The summed E-state index contributed by atoms with van der Waals surface area (Å²) in [5, 5.41) is 2.61. The Morgan fingerprint density at radius 2 is 1.33 bits per heavy atom. The predicted octanol–water partition coefficient (Wildman–Crippen LogP) is 0.428. The molecule has 11 nitrogen and oxygen atoms in total. The van der Waals surface area contributed by atoms with Gasteiger partial charge < -0.3 is 29.0 Å². The molecule has 1 aromatic carbocycles. The number of benzene rings is 1. The first-order chi connectivity index (χ1) is 15.6. The summed E-state index contributed by atoms with van der Waals surface area (Å²) >= 11 is 0. The molecule has 1 amide bonds. The summed E-state index contributed by atoms with van der Waals surface area (Å²) < 4.78 is 26.7. The highest BCUT2D eigenvalue weighted by atomic mass is 16.7. The topological polar surface area (TPSA) is 144 Å². The molecule has 2 rings (SSSR count). The molecule has 33 heavy (non-hydrogen) atoms. The Bertz CT molecular complexity index is 871. The van der Waals surface area contributed by atoms with Crippen LogP contribution >= 0.6 is 0 Å². The fourth-order valence-corrected chi connectivity index (χ4v) is 3.34. The van der Waals surface area contributed by atoms with E-state index in [2.05, 4.69) is 5.32 Å². The van der Waals surface area contributed by atoms with Gasteiger partial charge in [0.1, 0.15) is 12.7 Å². The van der Waals surface area contributed by atoms with Gasteiger partial charge in [-0.1, -0.05) is 30.3 Å². The normalized spacial score (nSPS) is 24.2. The average Bonchev–Trinajstić information content (AvgIpc) is 2.70. The van der Waals surface area contributed by atoms with Crippen molar-refractivity contribution in [2.75, 3.05) is 6.61 Å². The number of rotatable bonds is 8. The molecular formula is C22H27NO10. The molecule has 1 N–H and O–H groups in total. The van der Waals surface area contributed by atoms with Crippen LogP contribution in [0.25, 0.3) is 0 Å². The van der Waals surface area contributed by atoms with Crippen LogP contribution in [0.15, 0.2) is 30.3 Å². The van der Waals surface area contributed by atoms with Crippen LogP contribution in [-0.2, 0) is 54.1 Å². The molecule has 0 radical (unpaired) electrons. The Morgan fingerprint density at radius 1 is 0.788 bits per heavy atom. The lowest BCUT2D eigenvalue weighted by Crippen LogP contribution is -2.66. The van der Waals surface area contributed by atoms with Crippen molar-refractivity contribution >= 4 is 29.8 Å². The first-order valence-electron chi connectivity index (χ1n) is 10.2. The average molecular weight is 465 g/mol. The van der Waals surface area contributed by atoms with E-state index >= 15 is 0 Å². The number of nitrogens with one attached hydrogen (secondary N) is 1. The van der Waals surface area contributed by atoms with E-state index in [9.17, 15) is 24.0 Å². The molecule has 1 aliphatic rings. The van der Waals surface area contributed by atoms with Crippen LogP contribution in [0.2, 0.25) is 0 Å². The second-order valence-electron chi connectivity index (χ2n) is 7.35. The maximum Gasteiger partial charge on any atom is 0.303 e. The van der Waals surface area contributed by atoms with Crippen LogP contribution in [-0.4, -0.2) is 67.0 Å². The minimum absolute atomic E-state index is 0.00624. The standard InChI is InChI=1S/C22H27NO10/c1-12(24)29-11-17-19(30-13(2)25)20(31-14(3)26)21(32-15(4)27)22(33-17)23-18(28)10-16-8-6-5-7-9-16/h5-9,17,19-22H,10-11H2,1-4H3,(H,23,28)/t17-,19-,20+,21-,22-/m1/s1. The number of carbonyl (C=O) groups excluding carboxylic acids is 5.